The second-order valence-corrected chi connectivity index (χ2v) is 13.3. The number of hydrogen-bond donors (Lipinski definition) is 0. The maximum Gasteiger partial charge on any atom is -0.00935 e. The molecule has 2 aromatic carbocycles. The third-order valence-electron chi connectivity index (χ3n) is 7.51. The number of rotatable bonds is 7. The van der Waals surface area contributed by atoms with Gasteiger partial charge in [0.25, 0.3) is 0 Å². The van der Waals surface area contributed by atoms with E-state index >= 15 is 0 Å². The van der Waals surface area contributed by atoms with Gasteiger partial charge in [0.2, 0.25) is 0 Å². The summed E-state index contributed by atoms with van der Waals surface area (Å²) in [5.41, 5.74) is 0. The zero-order chi connectivity index (χ0) is 19.4. The third kappa shape index (κ3) is 4.55. The van der Waals surface area contributed by atoms with Crippen molar-refractivity contribution in [2.45, 2.75) is 57.5 Å². The summed E-state index contributed by atoms with van der Waals surface area (Å²) in [5, 5.41) is 3.79. The first kappa shape index (κ1) is 20.6. The largest absolute Gasteiger partial charge is 0.115 e. The van der Waals surface area contributed by atoms with Crippen molar-refractivity contribution in [1.29, 1.82) is 0 Å². The lowest BCUT2D eigenvalue weighted by atomic mass is 9.68. The molecule has 4 rings (SSSR count). The van der Waals surface area contributed by atoms with Crippen LogP contribution in [0, 0.1) is 17.8 Å². The van der Waals surface area contributed by atoms with Crippen molar-refractivity contribution >= 4 is 27.1 Å². The second kappa shape index (κ2) is 9.41. The van der Waals surface area contributed by atoms with E-state index in [0.29, 0.717) is 5.16 Å². The van der Waals surface area contributed by atoms with Crippen LogP contribution in [0.3, 0.4) is 0 Å². The summed E-state index contributed by atoms with van der Waals surface area (Å²) in [6, 6.07) is 22.5. The summed E-state index contributed by atoms with van der Waals surface area (Å²) >= 11 is 0. The first-order valence-electron chi connectivity index (χ1n) is 11.3. The highest BCUT2D eigenvalue weighted by molar-refractivity contribution is 7.73. The van der Waals surface area contributed by atoms with Crippen LogP contribution in [0.4, 0.5) is 0 Å². The number of fused-ring (bicyclic) bond motifs is 2. The number of unbranched alkanes of at least 4 members (excludes halogenated alkanes) is 1. The Kier molecular flexibility index (Phi) is 6.91. The highest BCUT2D eigenvalue weighted by Crippen LogP contribution is 2.58. The molecule has 2 aromatic rings. The Morgan fingerprint density at radius 3 is 2.18 bits per heavy atom. The molecule has 1 aliphatic heterocycles. The molecule has 2 aliphatic rings. The van der Waals surface area contributed by atoms with Crippen LogP contribution in [0.2, 0.25) is 0 Å². The Bertz CT molecular complexity index is 689. The minimum absolute atomic E-state index is 0.212. The van der Waals surface area contributed by atoms with Gasteiger partial charge in [-0.2, -0.15) is 0 Å². The van der Waals surface area contributed by atoms with Crippen molar-refractivity contribution in [2.24, 2.45) is 17.8 Å². The van der Waals surface area contributed by atoms with Crippen LogP contribution in [0.15, 0.2) is 60.7 Å². The van der Waals surface area contributed by atoms with Gasteiger partial charge in [-0.05, 0) is 85.9 Å². The fraction of sp³-hybridized carbons (Fsp3) is 0.538. The fourth-order valence-electron chi connectivity index (χ4n) is 5.54. The van der Waals surface area contributed by atoms with E-state index < -0.39 is 0 Å². The summed E-state index contributed by atoms with van der Waals surface area (Å²) < 4.78 is 0. The lowest BCUT2D eigenvalue weighted by molar-refractivity contribution is 0.159. The standard InChI is InChI=1S/C26H36P2/c1-21-20-27-26(19-23(21)16-15-22(26)2)17-9-10-18-28(24-11-5-3-6-12-24)25-13-7-4-8-14-25/h3-8,11-14,21-23,27H,9-10,15-20H2,1-2H3. The predicted octanol–water partition coefficient (Wildman–Crippen LogP) is 6.79. The highest BCUT2D eigenvalue weighted by atomic mass is 31.1. The first-order chi connectivity index (χ1) is 13.7. The van der Waals surface area contributed by atoms with Crippen LogP contribution >= 0.6 is 16.5 Å². The van der Waals surface area contributed by atoms with E-state index in [1.165, 1.54) is 53.0 Å². The molecule has 150 valence electrons. The molecular formula is C26H36P2. The summed E-state index contributed by atoms with van der Waals surface area (Å²) in [5.74, 6) is 2.98. The van der Waals surface area contributed by atoms with Gasteiger partial charge in [-0.3, -0.25) is 0 Å². The predicted molar refractivity (Wildman–Crippen MR) is 129 cm³/mol. The molecule has 0 radical (unpaired) electrons. The molecule has 0 aromatic heterocycles. The number of benzene rings is 2. The Morgan fingerprint density at radius 2 is 1.54 bits per heavy atom. The van der Waals surface area contributed by atoms with Crippen molar-refractivity contribution in [3.05, 3.63) is 60.7 Å². The normalized spacial score (nSPS) is 30.6. The van der Waals surface area contributed by atoms with E-state index in [9.17, 15) is 0 Å². The van der Waals surface area contributed by atoms with Gasteiger partial charge in [0.15, 0.2) is 0 Å². The maximum absolute atomic E-state index is 2.57. The molecular weight excluding hydrogens is 374 g/mol. The molecule has 1 saturated heterocycles. The van der Waals surface area contributed by atoms with E-state index in [0.717, 1.165) is 17.8 Å². The van der Waals surface area contributed by atoms with Gasteiger partial charge >= 0.3 is 0 Å². The van der Waals surface area contributed by atoms with Crippen molar-refractivity contribution < 1.29 is 0 Å². The van der Waals surface area contributed by atoms with E-state index in [1.807, 2.05) is 0 Å². The Balaban J connectivity index is 1.39. The van der Waals surface area contributed by atoms with E-state index in [2.05, 4.69) is 74.5 Å². The molecule has 0 spiro atoms. The maximum atomic E-state index is 2.57. The summed E-state index contributed by atoms with van der Waals surface area (Å²) in [4.78, 5) is 0. The molecule has 1 heterocycles. The van der Waals surface area contributed by atoms with E-state index in [-0.39, 0.29) is 7.92 Å². The molecule has 0 amide bonds. The van der Waals surface area contributed by atoms with Crippen molar-refractivity contribution in [3.63, 3.8) is 0 Å². The third-order valence-corrected chi connectivity index (χ3v) is 12.6. The SMILES string of the molecule is CC1CPC2(CCCCP(c3ccccc3)c3ccccc3)CC1CCC2C. The van der Waals surface area contributed by atoms with Crippen LogP contribution < -0.4 is 10.6 Å². The molecule has 2 bridgehead atoms. The van der Waals surface area contributed by atoms with Gasteiger partial charge in [0.1, 0.15) is 0 Å². The van der Waals surface area contributed by atoms with Gasteiger partial charge < -0.3 is 0 Å². The van der Waals surface area contributed by atoms with Crippen LogP contribution in [0.25, 0.3) is 0 Å². The Labute approximate surface area is 175 Å². The van der Waals surface area contributed by atoms with Crippen LogP contribution in [-0.2, 0) is 0 Å². The minimum atomic E-state index is -0.212. The van der Waals surface area contributed by atoms with Crippen molar-refractivity contribution in [3.8, 4) is 0 Å². The Hall–Kier alpha value is -0.700. The zero-order valence-electron chi connectivity index (χ0n) is 17.6. The summed E-state index contributed by atoms with van der Waals surface area (Å²) in [7, 11) is 1.01. The van der Waals surface area contributed by atoms with Gasteiger partial charge in [-0.25, -0.2) is 0 Å². The van der Waals surface area contributed by atoms with Gasteiger partial charge in [-0.1, -0.05) is 80.9 Å². The molecule has 0 N–H and O–H groups in total. The monoisotopic (exact) mass is 410 g/mol. The van der Waals surface area contributed by atoms with Gasteiger partial charge in [-0.15, -0.1) is 8.58 Å². The van der Waals surface area contributed by atoms with Gasteiger partial charge in [0.05, 0.1) is 0 Å². The highest BCUT2D eigenvalue weighted by Gasteiger charge is 2.45. The molecule has 1 saturated carbocycles. The van der Waals surface area contributed by atoms with E-state index in [4.69, 9.17) is 0 Å². The molecule has 5 atom stereocenters. The summed E-state index contributed by atoms with van der Waals surface area (Å²) in [6.07, 6.45) is 11.7. The number of hydrogen-bond acceptors (Lipinski definition) is 0. The first-order valence-corrected chi connectivity index (χ1v) is 14.0. The molecule has 0 nitrogen and oxygen atoms in total. The molecule has 5 unspecified atom stereocenters. The minimum Gasteiger partial charge on any atom is -0.115 e. The average molecular weight is 411 g/mol. The van der Waals surface area contributed by atoms with E-state index in [1.54, 1.807) is 17.0 Å². The lowest BCUT2D eigenvalue weighted by Gasteiger charge is -2.52. The zero-order valence-corrected chi connectivity index (χ0v) is 19.5. The fourth-order valence-corrected chi connectivity index (χ4v) is 10.3. The van der Waals surface area contributed by atoms with Gasteiger partial charge in [0, 0.05) is 0 Å². The summed E-state index contributed by atoms with van der Waals surface area (Å²) in [6.45, 7) is 5.09. The van der Waals surface area contributed by atoms with Crippen LogP contribution in [0.1, 0.15) is 52.4 Å². The topological polar surface area (TPSA) is 0 Å². The van der Waals surface area contributed by atoms with Crippen LogP contribution in [0.5, 0.6) is 0 Å². The molecule has 2 heteroatoms. The smallest absolute Gasteiger partial charge is 0.00935 e. The average Bonchev–Trinajstić information content (AvgIpc) is 2.75. The molecule has 28 heavy (non-hydrogen) atoms. The van der Waals surface area contributed by atoms with Crippen LogP contribution in [-0.4, -0.2) is 17.5 Å². The lowest BCUT2D eigenvalue weighted by Crippen LogP contribution is -2.44. The van der Waals surface area contributed by atoms with Crippen molar-refractivity contribution in [2.75, 3.05) is 12.3 Å². The molecule has 1 aliphatic carbocycles. The quantitative estimate of drug-likeness (QED) is 0.348. The molecule has 2 fully saturated rings. The second-order valence-electron chi connectivity index (χ2n) is 9.24. The Morgan fingerprint density at radius 1 is 0.893 bits per heavy atom. The van der Waals surface area contributed by atoms with Crippen molar-refractivity contribution in [1.82, 2.24) is 0 Å².